The molecule has 2 unspecified atom stereocenters. The quantitative estimate of drug-likeness (QED) is 0.847. The maximum atomic E-state index is 12.7. The van der Waals surface area contributed by atoms with Gasteiger partial charge >= 0.3 is 0 Å². The first-order chi connectivity index (χ1) is 8.53. The summed E-state index contributed by atoms with van der Waals surface area (Å²) < 4.78 is 25.9. The molecule has 1 fully saturated rings. The van der Waals surface area contributed by atoms with Crippen molar-refractivity contribution < 1.29 is 8.42 Å². The molecule has 0 aromatic heterocycles. The molecule has 0 amide bonds. The first-order valence-electron chi connectivity index (χ1n) is 6.27. The van der Waals surface area contributed by atoms with E-state index in [1.165, 1.54) is 0 Å². The fourth-order valence-electron chi connectivity index (χ4n) is 2.53. The molecule has 0 radical (unpaired) electrons. The van der Waals surface area contributed by atoms with Gasteiger partial charge in [-0.25, -0.2) is 8.42 Å². The van der Waals surface area contributed by atoms with Crippen molar-refractivity contribution in [3.63, 3.8) is 0 Å². The van der Waals surface area contributed by atoms with Gasteiger partial charge in [0.2, 0.25) is 0 Å². The summed E-state index contributed by atoms with van der Waals surface area (Å²) in [6, 6.07) is 6.73. The minimum atomic E-state index is -3.34. The molecule has 0 heterocycles. The van der Waals surface area contributed by atoms with Crippen LogP contribution in [-0.4, -0.2) is 19.7 Å². The fourth-order valence-corrected chi connectivity index (χ4v) is 5.50. The third-order valence-corrected chi connectivity index (χ3v) is 6.85. The Kier molecular flexibility index (Phi) is 4.45. The van der Waals surface area contributed by atoms with Crippen molar-refractivity contribution in [1.82, 2.24) is 0 Å². The van der Waals surface area contributed by atoms with Crippen molar-refractivity contribution in [3.8, 4) is 0 Å². The predicted octanol–water partition coefficient (Wildman–Crippen LogP) is 2.88. The van der Waals surface area contributed by atoms with Gasteiger partial charge in [0.25, 0.3) is 0 Å². The predicted molar refractivity (Wildman–Crippen MR) is 76.2 cm³/mol. The largest absolute Gasteiger partial charge is 0.327 e. The zero-order valence-corrected chi connectivity index (χ0v) is 12.6. The number of hydrogen-bond donors (Lipinski definition) is 1. The van der Waals surface area contributed by atoms with Crippen molar-refractivity contribution in [1.29, 1.82) is 0 Å². The lowest BCUT2D eigenvalue weighted by Gasteiger charge is -2.22. The molecule has 3 nitrogen and oxygen atoms in total. The summed E-state index contributed by atoms with van der Waals surface area (Å²) in [6.45, 7) is 0. The zero-order chi connectivity index (χ0) is 13.2. The molecule has 0 aliphatic heterocycles. The van der Waals surface area contributed by atoms with Crippen molar-refractivity contribution in [3.05, 3.63) is 28.7 Å². The first-order valence-corrected chi connectivity index (χ1v) is 8.61. The average Bonchev–Trinajstić information content (AvgIpc) is 2.54. The van der Waals surface area contributed by atoms with Crippen LogP contribution in [0.2, 0.25) is 0 Å². The number of sulfone groups is 1. The second-order valence-corrected chi connectivity index (χ2v) is 7.81. The molecule has 2 N–H and O–H groups in total. The molecule has 2 atom stereocenters. The summed E-state index contributed by atoms with van der Waals surface area (Å²) in [5.41, 5.74) is 6.06. The van der Waals surface area contributed by atoms with Gasteiger partial charge in [-0.1, -0.05) is 31.4 Å². The van der Waals surface area contributed by atoms with Crippen LogP contribution in [-0.2, 0) is 9.84 Å². The molecule has 1 aliphatic rings. The maximum absolute atomic E-state index is 12.7. The Bertz CT molecular complexity index is 515. The van der Waals surface area contributed by atoms with Gasteiger partial charge in [0.15, 0.2) is 9.84 Å². The Balaban J connectivity index is 2.38. The van der Waals surface area contributed by atoms with Crippen molar-refractivity contribution >= 4 is 25.8 Å². The molecular weight excluding hydrogens is 314 g/mol. The van der Waals surface area contributed by atoms with E-state index in [0.29, 0.717) is 15.8 Å². The maximum Gasteiger partial charge on any atom is 0.183 e. The molecule has 1 aromatic rings. The molecule has 1 saturated carbocycles. The summed E-state index contributed by atoms with van der Waals surface area (Å²) in [6.07, 6.45) is 4.53. The van der Waals surface area contributed by atoms with E-state index in [-0.39, 0.29) is 6.04 Å². The first kappa shape index (κ1) is 14.0. The van der Waals surface area contributed by atoms with Gasteiger partial charge in [0.05, 0.1) is 10.1 Å². The van der Waals surface area contributed by atoms with Crippen LogP contribution in [0.4, 0.5) is 0 Å². The highest BCUT2D eigenvalue weighted by molar-refractivity contribution is 9.10. The van der Waals surface area contributed by atoms with Gasteiger partial charge in [0.1, 0.15) is 0 Å². The fraction of sp³-hybridized carbons (Fsp3) is 0.538. The summed E-state index contributed by atoms with van der Waals surface area (Å²) in [4.78, 5) is 0.368. The van der Waals surface area contributed by atoms with Crippen LogP contribution in [0.25, 0.3) is 0 Å². The van der Waals surface area contributed by atoms with Crippen LogP contribution in [0, 0.1) is 0 Å². The van der Waals surface area contributed by atoms with Gasteiger partial charge in [-0.3, -0.25) is 0 Å². The summed E-state index contributed by atoms with van der Waals surface area (Å²) >= 11 is 3.32. The molecule has 1 aromatic carbocycles. The number of rotatable bonds is 2. The molecule has 100 valence electrons. The van der Waals surface area contributed by atoms with Gasteiger partial charge in [-0.05, 0) is 40.9 Å². The van der Waals surface area contributed by atoms with Crippen LogP contribution < -0.4 is 5.73 Å². The van der Waals surface area contributed by atoms with Crippen molar-refractivity contribution in [2.75, 3.05) is 0 Å². The zero-order valence-electron chi connectivity index (χ0n) is 10.2. The van der Waals surface area contributed by atoms with Gasteiger partial charge in [0, 0.05) is 10.5 Å². The molecule has 2 rings (SSSR count). The van der Waals surface area contributed by atoms with Gasteiger partial charge < -0.3 is 5.73 Å². The lowest BCUT2D eigenvalue weighted by Crippen LogP contribution is -2.39. The molecule has 0 spiro atoms. The van der Waals surface area contributed by atoms with E-state index in [2.05, 4.69) is 15.9 Å². The molecule has 1 aliphatic carbocycles. The minimum absolute atomic E-state index is 0.246. The molecule has 0 saturated heterocycles. The number of benzene rings is 1. The molecular formula is C13H18BrNO2S. The van der Waals surface area contributed by atoms with Gasteiger partial charge in [-0.2, -0.15) is 0 Å². The minimum Gasteiger partial charge on any atom is -0.327 e. The Hall–Kier alpha value is -0.390. The van der Waals surface area contributed by atoms with Crippen LogP contribution in [0.15, 0.2) is 33.6 Å². The highest BCUT2D eigenvalue weighted by Crippen LogP contribution is 2.31. The van der Waals surface area contributed by atoms with Crippen molar-refractivity contribution in [2.45, 2.75) is 48.3 Å². The Morgan fingerprint density at radius 3 is 2.50 bits per heavy atom. The number of nitrogens with two attached hydrogens (primary N) is 1. The normalized spacial score (nSPS) is 25.7. The third-order valence-electron chi connectivity index (χ3n) is 3.55. The van der Waals surface area contributed by atoms with Crippen LogP contribution in [0.3, 0.4) is 0 Å². The summed E-state index contributed by atoms with van der Waals surface area (Å²) in [5.74, 6) is 0. The second-order valence-electron chi connectivity index (χ2n) is 4.82. The van der Waals surface area contributed by atoms with E-state index in [0.717, 1.165) is 25.7 Å². The third kappa shape index (κ3) is 2.78. The summed E-state index contributed by atoms with van der Waals surface area (Å²) in [5, 5.41) is -0.446. The van der Waals surface area contributed by atoms with Crippen LogP contribution >= 0.6 is 15.9 Å². The number of halogens is 1. The van der Waals surface area contributed by atoms with E-state index in [1.807, 2.05) is 6.07 Å². The lowest BCUT2D eigenvalue weighted by atomic mass is 10.1. The monoisotopic (exact) mass is 331 g/mol. The number of hydrogen-bond acceptors (Lipinski definition) is 3. The van der Waals surface area contributed by atoms with Crippen LogP contribution in [0.5, 0.6) is 0 Å². The highest BCUT2D eigenvalue weighted by Gasteiger charge is 2.34. The molecule has 5 heteroatoms. The van der Waals surface area contributed by atoms with Crippen LogP contribution in [0.1, 0.15) is 32.1 Å². The summed E-state index contributed by atoms with van der Waals surface area (Å²) in [7, 11) is -3.34. The Morgan fingerprint density at radius 1 is 1.11 bits per heavy atom. The smallest absolute Gasteiger partial charge is 0.183 e. The Labute approximate surface area is 117 Å². The SMILES string of the molecule is NC1CCCCCC1S(=O)(=O)c1ccccc1Br. The molecule has 0 bridgehead atoms. The lowest BCUT2D eigenvalue weighted by molar-refractivity contribution is 0.531. The standard InChI is InChI=1S/C13H18BrNO2S/c14-10-6-4-5-8-12(10)18(16,17)13-9-3-1-2-7-11(13)15/h4-6,8,11,13H,1-3,7,9,15H2. The van der Waals surface area contributed by atoms with E-state index in [4.69, 9.17) is 5.73 Å². The van der Waals surface area contributed by atoms with Crippen molar-refractivity contribution in [2.24, 2.45) is 5.73 Å². The van der Waals surface area contributed by atoms with E-state index in [1.54, 1.807) is 18.2 Å². The van der Waals surface area contributed by atoms with E-state index in [9.17, 15) is 8.42 Å². The second kappa shape index (κ2) is 5.72. The van der Waals surface area contributed by atoms with E-state index >= 15 is 0 Å². The Morgan fingerprint density at radius 2 is 1.78 bits per heavy atom. The molecule has 18 heavy (non-hydrogen) atoms. The van der Waals surface area contributed by atoms with E-state index < -0.39 is 15.1 Å². The van der Waals surface area contributed by atoms with Gasteiger partial charge in [-0.15, -0.1) is 0 Å². The highest BCUT2D eigenvalue weighted by atomic mass is 79.9. The topological polar surface area (TPSA) is 60.2 Å². The average molecular weight is 332 g/mol.